The van der Waals surface area contributed by atoms with E-state index in [1.54, 1.807) is 12.1 Å². The topological polar surface area (TPSA) is 59.8 Å². The van der Waals surface area contributed by atoms with Crippen LogP contribution >= 0.6 is 11.3 Å². The van der Waals surface area contributed by atoms with Crippen molar-refractivity contribution in [2.24, 2.45) is 0 Å². The van der Waals surface area contributed by atoms with Gasteiger partial charge in [-0.15, -0.1) is 11.3 Å². The minimum absolute atomic E-state index is 0.0698. The summed E-state index contributed by atoms with van der Waals surface area (Å²) in [6.45, 7) is 6.12. The zero-order valence-corrected chi connectivity index (χ0v) is 18.5. The smallest absolute Gasteiger partial charge is 0.230 e. The van der Waals surface area contributed by atoms with Gasteiger partial charge in [-0.2, -0.15) is 5.10 Å². The van der Waals surface area contributed by atoms with Crippen LogP contribution in [0.4, 0.5) is 10.1 Å². The Morgan fingerprint density at radius 1 is 1.10 bits per heavy atom. The fraction of sp³-hybridized carbons (Fsp3) is 0.208. The maximum Gasteiger partial charge on any atom is 0.230 e. The molecule has 4 rings (SSSR count). The third-order valence-electron chi connectivity index (χ3n) is 5.15. The summed E-state index contributed by atoms with van der Waals surface area (Å²) in [7, 11) is 0. The lowest BCUT2D eigenvalue weighted by Gasteiger charge is -2.05. The highest BCUT2D eigenvalue weighted by Gasteiger charge is 2.17. The second-order valence-corrected chi connectivity index (χ2v) is 8.39. The zero-order valence-electron chi connectivity index (χ0n) is 17.6. The molecule has 0 bridgehead atoms. The molecule has 0 aliphatic rings. The van der Waals surface area contributed by atoms with E-state index in [0.29, 0.717) is 10.8 Å². The van der Waals surface area contributed by atoms with Gasteiger partial charge in [0, 0.05) is 23.1 Å². The first-order valence-corrected chi connectivity index (χ1v) is 10.9. The molecule has 0 spiro atoms. The van der Waals surface area contributed by atoms with Crippen molar-refractivity contribution in [1.82, 2.24) is 14.8 Å². The van der Waals surface area contributed by atoms with E-state index in [1.165, 1.54) is 40.2 Å². The summed E-state index contributed by atoms with van der Waals surface area (Å²) in [5.74, 6) is -0.769. The van der Waals surface area contributed by atoms with E-state index in [1.807, 2.05) is 23.9 Å². The van der Waals surface area contributed by atoms with Crippen molar-refractivity contribution in [3.05, 3.63) is 93.5 Å². The van der Waals surface area contributed by atoms with Crippen molar-refractivity contribution in [3.8, 4) is 5.13 Å². The van der Waals surface area contributed by atoms with Crippen LogP contribution in [0, 0.1) is 26.6 Å². The predicted octanol–water partition coefficient (Wildman–Crippen LogP) is 5.17. The fourth-order valence-corrected chi connectivity index (χ4v) is 4.25. The van der Waals surface area contributed by atoms with Crippen molar-refractivity contribution in [3.63, 3.8) is 0 Å². The number of anilines is 1. The van der Waals surface area contributed by atoms with Gasteiger partial charge in [0.2, 0.25) is 11.0 Å². The van der Waals surface area contributed by atoms with Gasteiger partial charge in [-0.1, -0.05) is 42.0 Å². The van der Waals surface area contributed by atoms with Crippen LogP contribution in [-0.4, -0.2) is 20.7 Å². The first-order valence-electron chi connectivity index (χ1n) is 10.0. The predicted molar refractivity (Wildman–Crippen MR) is 121 cm³/mol. The molecule has 0 radical (unpaired) electrons. The van der Waals surface area contributed by atoms with Crippen molar-refractivity contribution >= 4 is 22.9 Å². The van der Waals surface area contributed by atoms with Gasteiger partial charge in [0.05, 0.1) is 23.5 Å². The summed E-state index contributed by atoms with van der Waals surface area (Å²) in [6, 6.07) is 14.6. The van der Waals surface area contributed by atoms with Crippen LogP contribution in [0.2, 0.25) is 0 Å². The second-order valence-electron chi connectivity index (χ2n) is 7.55. The molecular weight excluding hydrogens is 411 g/mol. The molecule has 0 fully saturated rings. The van der Waals surface area contributed by atoms with Crippen LogP contribution in [0.1, 0.15) is 33.8 Å². The zero-order chi connectivity index (χ0) is 22.0. The lowest BCUT2D eigenvalue weighted by Crippen LogP contribution is -2.15. The Kier molecular flexibility index (Phi) is 5.95. The molecule has 2 aromatic carbocycles. The lowest BCUT2D eigenvalue weighted by molar-refractivity contribution is -0.115. The highest BCUT2D eigenvalue weighted by Crippen LogP contribution is 2.24. The number of benzene rings is 2. The molecular formula is C24H23FN4OS. The third kappa shape index (κ3) is 4.72. The molecule has 4 aromatic rings. The Morgan fingerprint density at radius 2 is 1.84 bits per heavy atom. The van der Waals surface area contributed by atoms with E-state index in [9.17, 15) is 9.18 Å². The maximum absolute atomic E-state index is 13.7. The quantitative estimate of drug-likeness (QED) is 0.456. The average Bonchev–Trinajstić information content (AvgIpc) is 3.30. The number of aromatic nitrogens is 3. The Bertz CT molecular complexity index is 1230. The number of thiazole rings is 1. The number of carbonyl (C=O) groups is 1. The van der Waals surface area contributed by atoms with Gasteiger partial charge in [-0.05, 0) is 38.5 Å². The molecule has 0 unspecified atom stereocenters. The van der Waals surface area contributed by atoms with Crippen LogP contribution in [0.25, 0.3) is 5.13 Å². The summed E-state index contributed by atoms with van der Waals surface area (Å²) in [4.78, 5) is 16.9. The van der Waals surface area contributed by atoms with E-state index >= 15 is 0 Å². The van der Waals surface area contributed by atoms with Crippen molar-refractivity contribution in [2.75, 3.05) is 5.32 Å². The van der Waals surface area contributed by atoms with Crippen molar-refractivity contribution in [2.45, 2.75) is 33.6 Å². The highest BCUT2D eigenvalue weighted by molar-refractivity contribution is 7.12. The Hall–Kier alpha value is -3.32. The summed E-state index contributed by atoms with van der Waals surface area (Å²) in [5.41, 5.74) is 6.45. The van der Waals surface area contributed by atoms with Crippen LogP contribution in [0.15, 0.2) is 53.9 Å². The van der Waals surface area contributed by atoms with Crippen LogP contribution in [0.5, 0.6) is 0 Å². The molecule has 0 saturated heterocycles. The maximum atomic E-state index is 13.7. The van der Waals surface area contributed by atoms with Gasteiger partial charge in [-0.25, -0.2) is 14.1 Å². The number of hydrogen-bond donors (Lipinski definition) is 1. The minimum Gasteiger partial charge on any atom is -0.323 e. The number of nitrogens with one attached hydrogen (secondary N) is 1. The fourth-order valence-electron chi connectivity index (χ4n) is 3.42. The number of rotatable bonds is 6. The van der Waals surface area contributed by atoms with E-state index in [2.05, 4.69) is 46.6 Å². The summed E-state index contributed by atoms with van der Waals surface area (Å²) >= 11 is 1.43. The molecule has 0 saturated carbocycles. The average molecular weight is 435 g/mol. The minimum atomic E-state index is -0.460. The van der Waals surface area contributed by atoms with Gasteiger partial charge in [-0.3, -0.25) is 4.79 Å². The molecule has 0 aliphatic carbocycles. The van der Waals surface area contributed by atoms with Gasteiger partial charge in [0.25, 0.3) is 0 Å². The number of halogens is 1. The first kappa shape index (κ1) is 20.9. The molecule has 0 aliphatic heterocycles. The number of nitrogens with zero attached hydrogens (tertiary/aromatic N) is 3. The third-order valence-corrected chi connectivity index (χ3v) is 6.02. The second kappa shape index (κ2) is 8.81. The SMILES string of the molecule is Cc1ccc(Cc2c(C)nn(-c3nc(CC(=O)Nc4ccccc4F)cs3)c2C)cc1. The van der Waals surface area contributed by atoms with E-state index < -0.39 is 5.82 Å². The summed E-state index contributed by atoms with van der Waals surface area (Å²) < 4.78 is 15.6. The number of hydrogen-bond acceptors (Lipinski definition) is 4. The summed E-state index contributed by atoms with van der Waals surface area (Å²) in [6.07, 6.45) is 0.877. The Labute approximate surface area is 184 Å². The monoisotopic (exact) mass is 434 g/mol. The Morgan fingerprint density at radius 3 is 2.58 bits per heavy atom. The van der Waals surface area contributed by atoms with Crippen LogP contribution in [-0.2, 0) is 17.6 Å². The van der Waals surface area contributed by atoms with Gasteiger partial charge in [0.1, 0.15) is 5.82 Å². The first-order chi connectivity index (χ1) is 14.9. The molecule has 5 nitrogen and oxygen atoms in total. The van der Waals surface area contributed by atoms with Crippen LogP contribution < -0.4 is 5.32 Å². The summed E-state index contributed by atoms with van der Waals surface area (Å²) in [5, 5.41) is 9.82. The standard InChI is InChI=1S/C24H23FN4OS/c1-15-8-10-18(11-9-15)12-20-16(2)28-29(17(20)3)24-26-19(14-31-24)13-23(30)27-22-7-5-4-6-21(22)25/h4-11,14H,12-13H2,1-3H3,(H,27,30). The van der Waals surface area contributed by atoms with Gasteiger partial charge >= 0.3 is 0 Å². The van der Waals surface area contributed by atoms with E-state index in [-0.39, 0.29) is 18.0 Å². The normalized spacial score (nSPS) is 11.0. The number of aryl methyl sites for hydroxylation is 2. The lowest BCUT2D eigenvalue weighted by atomic mass is 10.0. The number of carbonyl (C=O) groups excluding carboxylic acids is 1. The molecule has 1 amide bonds. The molecule has 0 atom stereocenters. The number of amides is 1. The molecule has 2 aromatic heterocycles. The molecule has 7 heteroatoms. The van der Waals surface area contributed by atoms with Crippen LogP contribution in [0.3, 0.4) is 0 Å². The van der Waals surface area contributed by atoms with Gasteiger partial charge in [0.15, 0.2) is 0 Å². The molecule has 2 heterocycles. The highest BCUT2D eigenvalue weighted by atomic mass is 32.1. The van der Waals surface area contributed by atoms with Crippen molar-refractivity contribution in [1.29, 1.82) is 0 Å². The molecule has 1 N–H and O–H groups in total. The van der Waals surface area contributed by atoms with E-state index in [4.69, 9.17) is 0 Å². The molecule has 158 valence electrons. The number of para-hydroxylation sites is 1. The molecule has 31 heavy (non-hydrogen) atoms. The van der Waals surface area contributed by atoms with E-state index in [0.717, 1.165) is 17.8 Å². The largest absolute Gasteiger partial charge is 0.323 e. The van der Waals surface area contributed by atoms with Gasteiger partial charge < -0.3 is 5.32 Å². The Balaban J connectivity index is 1.49. The van der Waals surface area contributed by atoms with Crippen molar-refractivity contribution < 1.29 is 9.18 Å².